The Kier molecular flexibility index (Phi) is 4.64. The van der Waals surface area contributed by atoms with Crippen LogP contribution in [0.15, 0.2) is 57.0 Å². The molecule has 0 unspecified atom stereocenters. The SMILES string of the molecule is O=c1c2c3c(sc2ncn1/N=C\c1ccc(-c2ccc(I)cc2)o1)CCCC3. The lowest BCUT2D eigenvalue weighted by Gasteiger charge is -2.09. The maximum atomic E-state index is 12.9. The first-order valence-electron chi connectivity index (χ1n) is 9.11. The molecule has 0 saturated heterocycles. The average molecular weight is 501 g/mol. The van der Waals surface area contributed by atoms with E-state index in [2.05, 4.69) is 32.7 Å². The zero-order valence-corrected chi connectivity index (χ0v) is 17.9. The van der Waals surface area contributed by atoms with Crippen LogP contribution in [0.25, 0.3) is 21.5 Å². The number of thiophene rings is 1. The van der Waals surface area contributed by atoms with Gasteiger partial charge in [0.05, 0.1) is 11.6 Å². The lowest BCUT2D eigenvalue weighted by molar-refractivity contribution is 0.574. The summed E-state index contributed by atoms with van der Waals surface area (Å²) in [5.74, 6) is 1.36. The van der Waals surface area contributed by atoms with E-state index in [0.29, 0.717) is 5.76 Å². The van der Waals surface area contributed by atoms with Gasteiger partial charge in [-0.2, -0.15) is 9.78 Å². The van der Waals surface area contributed by atoms with E-state index in [-0.39, 0.29) is 5.56 Å². The van der Waals surface area contributed by atoms with Gasteiger partial charge in [-0.1, -0.05) is 12.1 Å². The Morgan fingerprint density at radius 3 is 2.82 bits per heavy atom. The molecule has 0 aliphatic heterocycles. The molecule has 3 heterocycles. The van der Waals surface area contributed by atoms with E-state index in [1.807, 2.05) is 36.4 Å². The van der Waals surface area contributed by atoms with Crippen molar-refractivity contribution in [3.8, 4) is 11.3 Å². The molecular formula is C21H16IN3O2S. The number of hydrogen-bond acceptors (Lipinski definition) is 5. The van der Waals surface area contributed by atoms with E-state index in [4.69, 9.17) is 4.42 Å². The quantitative estimate of drug-likeness (QED) is 0.291. The largest absolute Gasteiger partial charge is 0.455 e. The summed E-state index contributed by atoms with van der Waals surface area (Å²) < 4.78 is 8.32. The number of nitrogens with zero attached hydrogens (tertiary/aromatic N) is 3. The lowest BCUT2D eigenvalue weighted by Crippen LogP contribution is -2.17. The smallest absolute Gasteiger partial charge is 0.282 e. The lowest BCUT2D eigenvalue weighted by atomic mass is 9.97. The molecule has 1 aliphatic rings. The first-order valence-corrected chi connectivity index (χ1v) is 11.0. The van der Waals surface area contributed by atoms with Gasteiger partial charge in [0.2, 0.25) is 0 Å². The molecule has 140 valence electrons. The number of aryl methyl sites for hydroxylation is 2. The van der Waals surface area contributed by atoms with Crippen molar-refractivity contribution >= 4 is 50.4 Å². The number of fused-ring (bicyclic) bond motifs is 3. The Morgan fingerprint density at radius 1 is 1.14 bits per heavy atom. The van der Waals surface area contributed by atoms with Gasteiger partial charge in [-0.25, -0.2) is 4.98 Å². The number of furan rings is 1. The molecule has 0 atom stereocenters. The van der Waals surface area contributed by atoms with Crippen molar-refractivity contribution in [3.05, 3.63) is 72.9 Å². The second kappa shape index (κ2) is 7.29. The molecule has 0 amide bonds. The second-order valence-corrected chi connectivity index (χ2v) is 9.07. The van der Waals surface area contributed by atoms with Crippen molar-refractivity contribution in [1.29, 1.82) is 0 Å². The van der Waals surface area contributed by atoms with Crippen LogP contribution in [-0.4, -0.2) is 15.9 Å². The minimum Gasteiger partial charge on any atom is -0.455 e. The molecule has 0 bridgehead atoms. The number of halogens is 1. The van der Waals surface area contributed by atoms with E-state index < -0.39 is 0 Å². The predicted molar refractivity (Wildman–Crippen MR) is 120 cm³/mol. The van der Waals surface area contributed by atoms with E-state index in [1.54, 1.807) is 17.6 Å². The monoisotopic (exact) mass is 501 g/mol. The van der Waals surface area contributed by atoms with Crippen LogP contribution in [0.5, 0.6) is 0 Å². The molecule has 5 rings (SSSR count). The van der Waals surface area contributed by atoms with Gasteiger partial charge in [-0.15, -0.1) is 11.3 Å². The molecule has 7 heteroatoms. The molecule has 1 aliphatic carbocycles. The van der Waals surface area contributed by atoms with Crippen molar-refractivity contribution in [3.63, 3.8) is 0 Å². The Bertz CT molecular complexity index is 1250. The predicted octanol–water partition coefficient (Wildman–Crippen LogP) is 5.08. The highest BCUT2D eigenvalue weighted by Crippen LogP contribution is 2.33. The molecule has 1 aromatic carbocycles. The highest BCUT2D eigenvalue weighted by atomic mass is 127. The molecular weight excluding hydrogens is 485 g/mol. The summed E-state index contributed by atoms with van der Waals surface area (Å²) in [7, 11) is 0. The summed E-state index contributed by atoms with van der Waals surface area (Å²) >= 11 is 3.92. The van der Waals surface area contributed by atoms with Crippen LogP contribution in [0.1, 0.15) is 29.0 Å². The molecule has 4 aromatic rings. The maximum absolute atomic E-state index is 12.9. The standard InChI is InChI=1S/C21H16IN3O2S/c22-14-7-5-13(6-8-14)17-10-9-15(27-17)11-24-25-12-23-20-19(21(25)26)16-3-1-2-4-18(16)28-20/h5-12H,1-4H2/b24-11-. The fraction of sp³-hybridized carbons (Fsp3) is 0.190. The summed E-state index contributed by atoms with van der Waals surface area (Å²) in [6.07, 6.45) is 7.37. The van der Waals surface area contributed by atoms with Gasteiger partial charge in [0, 0.05) is 14.0 Å². The fourth-order valence-corrected chi connectivity index (χ4v) is 5.11. The van der Waals surface area contributed by atoms with Gasteiger partial charge in [-0.3, -0.25) is 4.79 Å². The van der Waals surface area contributed by atoms with Crippen molar-refractivity contribution in [2.45, 2.75) is 25.7 Å². The van der Waals surface area contributed by atoms with Crippen molar-refractivity contribution < 1.29 is 4.42 Å². The molecule has 0 spiro atoms. The molecule has 5 nitrogen and oxygen atoms in total. The molecule has 0 N–H and O–H groups in total. The Labute approximate surface area is 178 Å². The summed E-state index contributed by atoms with van der Waals surface area (Å²) in [4.78, 5) is 19.5. The second-order valence-electron chi connectivity index (χ2n) is 6.74. The number of aromatic nitrogens is 2. The third kappa shape index (κ3) is 3.22. The van der Waals surface area contributed by atoms with Gasteiger partial charge in [0.15, 0.2) is 0 Å². The molecule has 0 fully saturated rings. The minimum absolute atomic E-state index is 0.106. The highest BCUT2D eigenvalue weighted by molar-refractivity contribution is 14.1. The molecule has 0 saturated carbocycles. The Morgan fingerprint density at radius 2 is 1.96 bits per heavy atom. The van der Waals surface area contributed by atoms with Gasteiger partial charge in [0.25, 0.3) is 5.56 Å². The molecule has 0 radical (unpaired) electrons. The zero-order valence-electron chi connectivity index (χ0n) is 14.9. The van der Waals surface area contributed by atoms with Crippen LogP contribution < -0.4 is 5.56 Å². The van der Waals surface area contributed by atoms with Crippen LogP contribution in [0, 0.1) is 3.57 Å². The topological polar surface area (TPSA) is 60.4 Å². The van der Waals surface area contributed by atoms with E-state index in [1.165, 1.54) is 31.4 Å². The average Bonchev–Trinajstić information content (AvgIpc) is 3.33. The highest BCUT2D eigenvalue weighted by Gasteiger charge is 2.19. The first-order chi connectivity index (χ1) is 13.7. The minimum atomic E-state index is -0.106. The van der Waals surface area contributed by atoms with Crippen molar-refractivity contribution in [2.75, 3.05) is 0 Å². The van der Waals surface area contributed by atoms with Gasteiger partial charge < -0.3 is 4.42 Å². The number of rotatable bonds is 3. The van der Waals surface area contributed by atoms with Crippen molar-refractivity contribution in [1.82, 2.24) is 9.66 Å². The van der Waals surface area contributed by atoms with E-state index in [9.17, 15) is 4.79 Å². The van der Waals surface area contributed by atoms with Gasteiger partial charge >= 0.3 is 0 Å². The van der Waals surface area contributed by atoms with E-state index >= 15 is 0 Å². The fourth-order valence-electron chi connectivity index (χ4n) is 3.53. The van der Waals surface area contributed by atoms with Gasteiger partial charge in [0.1, 0.15) is 22.7 Å². The maximum Gasteiger partial charge on any atom is 0.282 e. The normalized spacial score (nSPS) is 14.0. The number of benzene rings is 1. The summed E-state index contributed by atoms with van der Waals surface area (Å²) in [5, 5.41) is 5.04. The van der Waals surface area contributed by atoms with Gasteiger partial charge in [-0.05, 0) is 78.1 Å². The first kappa shape index (κ1) is 17.8. The Balaban J connectivity index is 1.47. The summed E-state index contributed by atoms with van der Waals surface area (Å²) in [5.41, 5.74) is 2.07. The van der Waals surface area contributed by atoms with Crippen LogP contribution in [0.4, 0.5) is 0 Å². The zero-order chi connectivity index (χ0) is 19.1. The van der Waals surface area contributed by atoms with Crippen LogP contribution in [0.3, 0.4) is 0 Å². The molecule has 3 aromatic heterocycles. The summed E-state index contributed by atoms with van der Waals surface area (Å²) in [6.45, 7) is 0. The van der Waals surface area contributed by atoms with Crippen molar-refractivity contribution in [2.24, 2.45) is 5.10 Å². The van der Waals surface area contributed by atoms with E-state index in [0.717, 1.165) is 40.8 Å². The number of hydrogen-bond donors (Lipinski definition) is 0. The molecule has 28 heavy (non-hydrogen) atoms. The Hall–Kier alpha value is -2.26. The van der Waals surface area contributed by atoms with Crippen LogP contribution >= 0.6 is 33.9 Å². The summed E-state index contributed by atoms with van der Waals surface area (Å²) in [6, 6.07) is 11.9. The van der Waals surface area contributed by atoms with Crippen LogP contribution in [-0.2, 0) is 12.8 Å². The third-order valence-electron chi connectivity index (χ3n) is 4.92. The third-order valence-corrected chi connectivity index (χ3v) is 6.84. The van der Waals surface area contributed by atoms with Crippen LogP contribution in [0.2, 0.25) is 0 Å².